The Hall–Kier alpha value is -0.520. The number of nitrogens with one attached hydrogen (secondary N) is 1. The summed E-state index contributed by atoms with van der Waals surface area (Å²) in [4.78, 5) is 0. The highest BCUT2D eigenvalue weighted by Crippen LogP contribution is 2.24. The predicted molar refractivity (Wildman–Crippen MR) is 73.7 cm³/mol. The molecule has 0 heterocycles. The van der Waals surface area contributed by atoms with Crippen molar-refractivity contribution in [2.45, 2.75) is 38.3 Å². The molecule has 2 atom stereocenters. The Bertz CT molecular complexity index is 442. The lowest BCUT2D eigenvalue weighted by molar-refractivity contribution is 0.100. The summed E-state index contributed by atoms with van der Waals surface area (Å²) in [6.45, 7) is 0.853. The largest absolute Gasteiger partial charge is 0.393 e. The van der Waals surface area contributed by atoms with E-state index < -0.39 is 11.6 Å². The van der Waals surface area contributed by atoms with Crippen LogP contribution in [-0.2, 0) is 6.54 Å². The minimum atomic E-state index is -0.545. The first kappa shape index (κ1) is 14.9. The first-order valence-electron chi connectivity index (χ1n) is 6.59. The topological polar surface area (TPSA) is 32.3 Å². The van der Waals surface area contributed by atoms with Gasteiger partial charge in [0.05, 0.1) is 10.6 Å². The Balaban J connectivity index is 1.87. The van der Waals surface area contributed by atoms with Crippen molar-refractivity contribution in [2.24, 2.45) is 5.92 Å². The number of aliphatic hydroxyl groups excluding tert-OH is 1. The van der Waals surface area contributed by atoms with Crippen molar-refractivity contribution in [1.29, 1.82) is 0 Å². The summed E-state index contributed by atoms with van der Waals surface area (Å²) in [7, 11) is 0. The van der Waals surface area contributed by atoms with Gasteiger partial charge in [-0.1, -0.05) is 6.42 Å². The Labute approximate surface area is 120 Å². The zero-order chi connectivity index (χ0) is 13.8. The maximum Gasteiger partial charge on any atom is 0.144 e. The molecule has 0 spiro atoms. The summed E-state index contributed by atoms with van der Waals surface area (Å²) in [5.41, 5.74) is 0.0609. The van der Waals surface area contributed by atoms with Gasteiger partial charge in [0, 0.05) is 12.1 Å². The van der Waals surface area contributed by atoms with Crippen LogP contribution in [0.3, 0.4) is 0 Å². The van der Waals surface area contributed by atoms with Crippen LogP contribution in [0.5, 0.6) is 0 Å². The van der Waals surface area contributed by atoms with E-state index in [2.05, 4.69) is 21.2 Å². The van der Waals surface area contributed by atoms with Gasteiger partial charge in [-0.25, -0.2) is 8.78 Å². The summed E-state index contributed by atoms with van der Waals surface area (Å²) in [5, 5.41) is 12.7. The zero-order valence-corrected chi connectivity index (χ0v) is 12.2. The number of hydrogen-bond acceptors (Lipinski definition) is 2. The standard InChI is InChI=1S/C14H18BrF2NO/c15-12-4-5-13(16)11(14(12)17)8-18-7-9-2-1-3-10(19)6-9/h4-5,9-10,18-19H,1-3,6-8H2. The monoisotopic (exact) mass is 333 g/mol. The van der Waals surface area contributed by atoms with Crippen LogP contribution >= 0.6 is 15.9 Å². The molecular weight excluding hydrogens is 316 g/mol. The van der Waals surface area contributed by atoms with Gasteiger partial charge in [0.2, 0.25) is 0 Å². The molecule has 19 heavy (non-hydrogen) atoms. The van der Waals surface area contributed by atoms with E-state index in [1.165, 1.54) is 12.1 Å². The lowest BCUT2D eigenvalue weighted by Crippen LogP contribution is -2.29. The summed E-state index contributed by atoms with van der Waals surface area (Å²) in [6, 6.07) is 2.63. The molecule has 1 saturated carbocycles. The van der Waals surface area contributed by atoms with Crippen LogP contribution in [0.25, 0.3) is 0 Å². The number of aliphatic hydroxyl groups is 1. The molecule has 0 aliphatic heterocycles. The van der Waals surface area contributed by atoms with Gasteiger partial charge in [-0.15, -0.1) is 0 Å². The molecule has 0 amide bonds. The molecule has 0 radical (unpaired) electrons. The van der Waals surface area contributed by atoms with Gasteiger partial charge in [-0.3, -0.25) is 0 Å². The number of hydrogen-bond donors (Lipinski definition) is 2. The van der Waals surface area contributed by atoms with Crippen LogP contribution in [0.1, 0.15) is 31.2 Å². The molecule has 1 aromatic carbocycles. The molecule has 2 unspecified atom stereocenters. The fourth-order valence-electron chi connectivity index (χ4n) is 2.58. The van der Waals surface area contributed by atoms with Crippen LogP contribution in [0.15, 0.2) is 16.6 Å². The van der Waals surface area contributed by atoms with E-state index in [0.29, 0.717) is 12.5 Å². The van der Waals surface area contributed by atoms with Crippen molar-refractivity contribution in [2.75, 3.05) is 6.54 Å². The molecule has 106 valence electrons. The number of benzene rings is 1. The number of halogens is 3. The lowest BCUT2D eigenvalue weighted by Gasteiger charge is -2.26. The highest BCUT2D eigenvalue weighted by atomic mass is 79.9. The van der Waals surface area contributed by atoms with Gasteiger partial charge in [0.15, 0.2) is 0 Å². The van der Waals surface area contributed by atoms with Crippen molar-refractivity contribution >= 4 is 15.9 Å². The molecule has 2 nitrogen and oxygen atoms in total. The maximum absolute atomic E-state index is 13.7. The minimum absolute atomic E-state index is 0.0609. The highest BCUT2D eigenvalue weighted by Gasteiger charge is 2.20. The molecule has 0 bridgehead atoms. The Morgan fingerprint density at radius 1 is 1.32 bits per heavy atom. The van der Waals surface area contributed by atoms with Crippen LogP contribution in [0.4, 0.5) is 8.78 Å². The van der Waals surface area contributed by atoms with Gasteiger partial charge >= 0.3 is 0 Å². The molecular formula is C14H18BrF2NO. The van der Waals surface area contributed by atoms with E-state index in [1.807, 2.05) is 0 Å². The molecule has 0 aromatic heterocycles. The number of rotatable bonds is 4. The van der Waals surface area contributed by atoms with E-state index in [0.717, 1.165) is 25.7 Å². The molecule has 2 N–H and O–H groups in total. The van der Waals surface area contributed by atoms with Gasteiger partial charge < -0.3 is 10.4 Å². The van der Waals surface area contributed by atoms with Crippen molar-refractivity contribution < 1.29 is 13.9 Å². The van der Waals surface area contributed by atoms with Crippen LogP contribution < -0.4 is 5.32 Å². The van der Waals surface area contributed by atoms with Gasteiger partial charge in [0.25, 0.3) is 0 Å². The summed E-state index contributed by atoms with van der Waals surface area (Å²) < 4.78 is 27.5. The van der Waals surface area contributed by atoms with Crippen molar-refractivity contribution in [3.8, 4) is 0 Å². The van der Waals surface area contributed by atoms with E-state index in [4.69, 9.17) is 0 Å². The third-order valence-electron chi connectivity index (χ3n) is 3.63. The molecule has 1 aliphatic rings. The predicted octanol–water partition coefficient (Wildman–Crippen LogP) is 3.37. The summed E-state index contributed by atoms with van der Waals surface area (Å²) in [5.74, 6) is -0.685. The second-order valence-electron chi connectivity index (χ2n) is 5.14. The maximum atomic E-state index is 13.7. The highest BCUT2D eigenvalue weighted by molar-refractivity contribution is 9.10. The lowest BCUT2D eigenvalue weighted by atomic mass is 9.87. The van der Waals surface area contributed by atoms with Crippen LogP contribution in [0.2, 0.25) is 0 Å². The smallest absolute Gasteiger partial charge is 0.144 e. The minimum Gasteiger partial charge on any atom is -0.393 e. The second kappa shape index (κ2) is 6.77. The molecule has 1 aliphatic carbocycles. The van der Waals surface area contributed by atoms with E-state index in [-0.39, 0.29) is 22.7 Å². The van der Waals surface area contributed by atoms with Crippen molar-refractivity contribution in [3.05, 3.63) is 33.8 Å². The van der Waals surface area contributed by atoms with Crippen LogP contribution in [0, 0.1) is 17.6 Å². The van der Waals surface area contributed by atoms with E-state index >= 15 is 0 Å². The fourth-order valence-corrected chi connectivity index (χ4v) is 2.95. The summed E-state index contributed by atoms with van der Waals surface area (Å²) >= 11 is 3.05. The quantitative estimate of drug-likeness (QED) is 0.828. The van der Waals surface area contributed by atoms with E-state index in [9.17, 15) is 13.9 Å². The first-order valence-corrected chi connectivity index (χ1v) is 7.38. The third kappa shape index (κ3) is 3.97. The van der Waals surface area contributed by atoms with Gasteiger partial charge in [-0.05, 0) is 59.8 Å². The molecule has 2 rings (SSSR count). The van der Waals surface area contributed by atoms with E-state index in [1.54, 1.807) is 0 Å². The normalized spacial score (nSPS) is 23.6. The Kier molecular flexibility index (Phi) is 5.30. The zero-order valence-electron chi connectivity index (χ0n) is 10.6. The van der Waals surface area contributed by atoms with Gasteiger partial charge in [-0.2, -0.15) is 0 Å². The summed E-state index contributed by atoms with van der Waals surface area (Å²) in [6.07, 6.45) is 3.50. The van der Waals surface area contributed by atoms with Crippen molar-refractivity contribution in [3.63, 3.8) is 0 Å². The Morgan fingerprint density at radius 2 is 2.11 bits per heavy atom. The molecule has 0 saturated heterocycles. The molecule has 5 heteroatoms. The molecule has 1 aromatic rings. The molecule has 1 fully saturated rings. The first-order chi connectivity index (χ1) is 9.08. The fraction of sp³-hybridized carbons (Fsp3) is 0.571. The Morgan fingerprint density at radius 3 is 2.84 bits per heavy atom. The van der Waals surface area contributed by atoms with Crippen LogP contribution in [-0.4, -0.2) is 17.8 Å². The average molecular weight is 334 g/mol. The second-order valence-corrected chi connectivity index (χ2v) is 5.99. The SMILES string of the molecule is OC1CCCC(CNCc2c(F)ccc(Br)c2F)C1. The third-order valence-corrected chi connectivity index (χ3v) is 4.24. The van der Waals surface area contributed by atoms with Crippen molar-refractivity contribution in [1.82, 2.24) is 5.32 Å². The van der Waals surface area contributed by atoms with Gasteiger partial charge in [0.1, 0.15) is 11.6 Å². The average Bonchev–Trinajstić information content (AvgIpc) is 2.38.